The third-order valence-corrected chi connectivity index (χ3v) is 4.29. The highest BCUT2D eigenvalue weighted by Gasteiger charge is 2.36. The van der Waals surface area contributed by atoms with E-state index in [1.165, 1.54) is 13.8 Å². The van der Waals surface area contributed by atoms with Crippen molar-refractivity contribution < 1.29 is 34.4 Å². The van der Waals surface area contributed by atoms with Crippen LogP contribution in [0.4, 0.5) is 0 Å². The van der Waals surface area contributed by atoms with E-state index in [0.29, 0.717) is 12.7 Å². The first kappa shape index (κ1) is 24.7. The van der Waals surface area contributed by atoms with Gasteiger partial charge in [0.25, 0.3) is 0 Å². The lowest BCUT2D eigenvalue weighted by Gasteiger charge is -2.32. The summed E-state index contributed by atoms with van der Waals surface area (Å²) in [7, 11) is 0. The molecule has 0 saturated heterocycles. The number of ether oxygens (including phenoxy) is 1. The summed E-state index contributed by atoms with van der Waals surface area (Å²) >= 11 is 0. The highest BCUT2D eigenvalue weighted by molar-refractivity contribution is 5.81. The quantitative estimate of drug-likeness (QED) is 0.276. The molecule has 1 aromatic rings. The number of carbonyl (C=O) groups excluding carboxylic acids is 3. The standard InChI is InChI=1S/C20H30N2O7/c1-12(9-15-7-5-4-6-8-15)21-20(28)13(2)29-19(18(27)17(26)11-24)16(10-23)22-14(3)25/h4-8,10,12-13,16-19,24,26-27H,9,11H2,1-3H3,(H,21,28)(H,22,25)/t12-,13-,16+,17-,18-,19-/m1/s1. The number of aliphatic hydroxyl groups is 3. The molecule has 0 bridgehead atoms. The van der Waals surface area contributed by atoms with E-state index in [1.54, 1.807) is 0 Å². The molecule has 9 nitrogen and oxygen atoms in total. The number of aldehydes is 1. The summed E-state index contributed by atoms with van der Waals surface area (Å²) in [4.78, 5) is 35.2. The summed E-state index contributed by atoms with van der Waals surface area (Å²) in [6, 6.07) is 8.04. The molecule has 0 fully saturated rings. The van der Waals surface area contributed by atoms with E-state index < -0.39 is 48.9 Å². The summed E-state index contributed by atoms with van der Waals surface area (Å²) in [6.45, 7) is 3.63. The molecule has 0 aliphatic carbocycles. The molecular weight excluding hydrogens is 380 g/mol. The Balaban J connectivity index is 2.80. The van der Waals surface area contributed by atoms with Gasteiger partial charge in [0.05, 0.1) is 6.61 Å². The molecule has 0 aliphatic rings. The molecule has 29 heavy (non-hydrogen) atoms. The van der Waals surface area contributed by atoms with Crippen molar-refractivity contribution in [1.82, 2.24) is 10.6 Å². The third kappa shape index (κ3) is 8.28. The molecule has 1 aromatic carbocycles. The minimum Gasteiger partial charge on any atom is -0.394 e. The van der Waals surface area contributed by atoms with Gasteiger partial charge in [-0.1, -0.05) is 30.3 Å². The summed E-state index contributed by atoms with van der Waals surface area (Å²) < 4.78 is 5.52. The Morgan fingerprint density at radius 3 is 2.28 bits per heavy atom. The van der Waals surface area contributed by atoms with Crippen LogP contribution >= 0.6 is 0 Å². The Morgan fingerprint density at radius 1 is 1.14 bits per heavy atom. The van der Waals surface area contributed by atoms with Crippen LogP contribution < -0.4 is 10.6 Å². The second-order valence-corrected chi connectivity index (χ2v) is 6.95. The number of hydrogen-bond acceptors (Lipinski definition) is 7. The van der Waals surface area contributed by atoms with E-state index in [4.69, 9.17) is 9.84 Å². The van der Waals surface area contributed by atoms with E-state index in [0.717, 1.165) is 5.56 Å². The molecule has 0 unspecified atom stereocenters. The smallest absolute Gasteiger partial charge is 0.249 e. The average Bonchev–Trinajstić information content (AvgIpc) is 2.69. The first-order valence-corrected chi connectivity index (χ1v) is 9.38. The third-order valence-electron chi connectivity index (χ3n) is 4.29. The fourth-order valence-electron chi connectivity index (χ4n) is 2.81. The summed E-state index contributed by atoms with van der Waals surface area (Å²) in [5.41, 5.74) is 1.04. The van der Waals surface area contributed by atoms with Crippen molar-refractivity contribution in [2.45, 2.75) is 63.7 Å². The van der Waals surface area contributed by atoms with Crippen molar-refractivity contribution in [2.75, 3.05) is 6.61 Å². The molecule has 9 heteroatoms. The second-order valence-electron chi connectivity index (χ2n) is 6.95. The van der Waals surface area contributed by atoms with E-state index in [2.05, 4.69) is 10.6 Å². The normalized spacial score (nSPS) is 17.3. The number of rotatable bonds is 12. The monoisotopic (exact) mass is 410 g/mol. The van der Waals surface area contributed by atoms with Crippen molar-refractivity contribution >= 4 is 18.1 Å². The lowest BCUT2D eigenvalue weighted by molar-refractivity contribution is -0.157. The highest BCUT2D eigenvalue weighted by atomic mass is 16.5. The fourth-order valence-corrected chi connectivity index (χ4v) is 2.81. The van der Waals surface area contributed by atoms with Gasteiger partial charge < -0.3 is 35.5 Å². The zero-order chi connectivity index (χ0) is 22.0. The van der Waals surface area contributed by atoms with Gasteiger partial charge in [0.2, 0.25) is 11.8 Å². The molecule has 0 radical (unpaired) electrons. The van der Waals surface area contributed by atoms with Crippen LogP contribution in [0.1, 0.15) is 26.3 Å². The van der Waals surface area contributed by atoms with Gasteiger partial charge in [-0.05, 0) is 25.8 Å². The van der Waals surface area contributed by atoms with Crippen molar-refractivity contribution in [3.63, 3.8) is 0 Å². The number of hydrogen-bond donors (Lipinski definition) is 5. The van der Waals surface area contributed by atoms with E-state index in [-0.39, 0.29) is 6.04 Å². The van der Waals surface area contributed by atoms with Gasteiger partial charge in [-0.25, -0.2) is 0 Å². The van der Waals surface area contributed by atoms with Gasteiger partial charge in [0, 0.05) is 13.0 Å². The fraction of sp³-hybridized carbons (Fsp3) is 0.550. The summed E-state index contributed by atoms with van der Waals surface area (Å²) in [5, 5.41) is 34.1. The predicted octanol–water partition coefficient (Wildman–Crippen LogP) is -1.07. The number of amides is 2. The molecule has 0 heterocycles. The molecule has 1 rings (SSSR count). The Morgan fingerprint density at radius 2 is 1.76 bits per heavy atom. The molecule has 0 saturated carbocycles. The van der Waals surface area contributed by atoms with Gasteiger partial charge >= 0.3 is 0 Å². The Hall–Kier alpha value is -2.33. The minimum atomic E-state index is -1.71. The Labute approximate surface area is 170 Å². The maximum atomic E-state index is 12.5. The Kier molecular flexibility index (Phi) is 10.5. The number of nitrogens with one attached hydrogen (secondary N) is 2. The summed E-state index contributed by atoms with van der Waals surface area (Å²) in [6.07, 6.45) is -4.94. The zero-order valence-corrected chi connectivity index (χ0v) is 16.8. The van der Waals surface area contributed by atoms with Gasteiger partial charge in [-0.3, -0.25) is 9.59 Å². The van der Waals surface area contributed by atoms with Crippen LogP contribution in [-0.4, -0.2) is 76.5 Å². The lowest BCUT2D eigenvalue weighted by Crippen LogP contribution is -2.56. The second kappa shape index (κ2) is 12.3. The van der Waals surface area contributed by atoms with Gasteiger partial charge in [0.1, 0.15) is 36.7 Å². The van der Waals surface area contributed by atoms with Crippen LogP contribution in [0.5, 0.6) is 0 Å². The van der Waals surface area contributed by atoms with Crippen molar-refractivity contribution in [1.29, 1.82) is 0 Å². The largest absolute Gasteiger partial charge is 0.394 e. The molecular formula is C20H30N2O7. The molecule has 5 N–H and O–H groups in total. The molecule has 0 aliphatic heterocycles. The summed E-state index contributed by atoms with van der Waals surface area (Å²) in [5.74, 6) is -1.05. The van der Waals surface area contributed by atoms with E-state index in [9.17, 15) is 24.6 Å². The number of aliphatic hydroxyl groups excluding tert-OH is 3. The van der Waals surface area contributed by atoms with Gasteiger partial charge in [-0.2, -0.15) is 0 Å². The molecule has 0 spiro atoms. The maximum Gasteiger partial charge on any atom is 0.249 e. The predicted molar refractivity (Wildman–Crippen MR) is 105 cm³/mol. The number of benzene rings is 1. The minimum absolute atomic E-state index is 0.209. The van der Waals surface area contributed by atoms with Crippen LogP contribution in [0, 0.1) is 0 Å². The molecule has 2 amide bonds. The van der Waals surface area contributed by atoms with Crippen LogP contribution in [0.2, 0.25) is 0 Å². The van der Waals surface area contributed by atoms with Gasteiger partial charge in [0.15, 0.2) is 0 Å². The van der Waals surface area contributed by atoms with Crippen LogP contribution in [0.25, 0.3) is 0 Å². The van der Waals surface area contributed by atoms with E-state index in [1.807, 2.05) is 37.3 Å². The SMILES string of the molecule is CC(=O)N[C@@H](C=O)[C@@H](O[C@H](C)C(=O)N[C@H](C)Cc1ccccc1)[C@H](O)[C@H](O)CO. The average molecular weight is 410 g/mol. The van der Waals surface area contributed by atoms with Crippen molar-refractivity contribution in [3.05, 3.63) is 35.9 Å². The highest BCUT2D eigenvalue weighted by Crippen LogP contribution is 2.13. The zero-order valence-electron chi connectivity index (χ0n) is 16.8. The number of carbonyl (C=O) groups is 3. The van der Waals surface area contributed by atoms with Crippen molar-refractivity contribution in [3.8, 4) is 0 Å². The topological polar surface area (TPSA) is 145 Å². The molecule has 0 aromatic heterocycles. The van der Waals surface area contributed by atoms with E-state index >= 15 is 0 Å². The first-order valence-electron chi connectivity index (χ1n) is 9.38. The van der Waals surface area contributed by atoms with Crippen LogP contribution in [-0.2, 0) is 25.5 Å². The van der Waals surface area contributed by atoms with Crippen molar-refractivity contribution in [2.24, 2.45) is 0 Å². The molecule has 6 atom stereocenters. The van der Waals surface area contributed by atoms with Crippen LogP contribution in [0.3, 0.4) is 0 Å². The lowest BCUT2D eigenvalue weighted by atomic mass is 10.0. The van der Waals surface area contributed by atoms with Gasteiger partial charge in [-0.15, -0.1) is 0 Å². The maximum absolute atomic E-state index is 12.5. The Bertz CT molecular complexity index is 655. The first-order chi connectivity index (χ1) is 13.7. The molecule has 162 valence electrons. The van der Waals surface area contributed by atoms with Crippen LogP contribution in [0.15, 0.2) is 30.3 Å².